The lowest BCUT2D eigenvalue weighted by Gasteiger charge is -2.39. The molecule has 0 saturated heterocycles. The van der Waals surface area contributed by atoms with Crippen molar-refractivity contribution < 1.29 is 4.74 Å². The van der Waals surface area contributed by atoms with E-state index >= 15 is 0 Å². The zero-order chi connectivity index (χ0) is 11.0. The summed E-state index contributed by atoms with van der Waals surface area (Å²) < 4.78 is 6.20. The molecule has 0 atom stereocenters. The SMILES string of the molecule is CC1(Oc2cccc3c2CCCN3)CCC1. The zero-order valence-corrected chi connectivity index (χ0v) is 9.88. The van der Waals surface area contributed by atoms with Crippen LogP contribution in [0.15, 0.2) is 18.2 Å². The summed E-state index contributed by atoms with van der Waals surface area (Å²) in [6.45, 7) is 3.32. The molecule has 1 N–H and O–H groups in total. The molecule has 0 radical (unpaired) electrons. The van der Waals surface area contributed by atoms with E-state index in [4.69, 9.17) is 4.74 Å². The second-order valence-corrected chi connectivity index (χ2v) is 5.22. The Morgan fingerprint density at radius 2 is 2.12 bits per heavy atom. The Bertz CT molecular complexity index is 396. The van der Waals surface area contributed by atoms with Crippen LogP contribution >= 0.6 is 0 Å². The molecule has 86 valence electrons. The van der Waals surface area contributed by atoms with Crippen molar-refractivity contribution in [3.63, 3.8) is 0 Å². The van der Waals surface area contributed by atoms with Gasteiger partial charge in [0.05, 0.1) is 0 Å². The van der Waals surface area contributed by atoms with Crippen molar-refractivity contribution in [1.29, 1.82) is 0 Å². The fraction of sp³-hybridized carbons (Fsp3) is 0.571. The molecule has 2 aliphatic rings. The first-order valence-corrected chi connectivity index (χ1v) is 6.32. The van der Waals surface area contributed by atoms with Crippen molar-refractivity contribution >= 4 is 5.69 Å². The number of hydrogen-bond donors (Lipinski definition) is 1. The molecule has 0 aromatic heterocycles. The molecule has 0 spiro atoms. The Kier molecular flexibility index (Phi) is 2.31. The first-order chi connectivity index (χ1) is 7.77. The molecular weight excluding hydrogens is 198 g/mol. The van der Waals surface area contributed by atoms with Gasteiger partial charge in [-0.05, 0) is 51.2 Å². The zero-order valence-electron chi connectivity index (χ0n) is 9.88. The normalized spacial score (nSPS) is 21.6. The van der Waals surface area contributed by atoms with E-state index in [-0.39, 0.29) is 5.60 Å². The van der Waals surface area contributed by atoms with Gasteiger partial charge < -0.3 is 10.1 Å². The third-order valence-corrected chi connectivity index (χ3v) is 3.82. The highest BCUT2D eigenvalue weighted by atomic mass is 16.5. The second kappa shape index (κ2) is 3.69. The minimum atomic E-state index is 0.104. The molecule has 3 rings (SSSR count). The van der Waals surface area contributed by atoms with Crippen LogP contribution in [0.5, 0.6) is 5.75 Å². The van der Waals surface area contributed by atoms with Gasteiger partial charge in [0.25, 0.3) is 0 Å². The fourth-order valence-corrected chi connectivity index (χ4v) is 2.62. The monoisotopic (exact) mass is 217 g/mol. The molecule has 1 aromatic carbocycles. The van der Waals surface area contributed by atoms with Crippen LogP contribution in [0.25, 0.3) is 0 Å². The smallest absolute Gasteiger partial charge is 0.125 e. The van der Waals surface area contributed by atoms with Crippen molar-refractivity contribution in [1.82, 2.24) is 0 Å². The van der Waals surface area contributed by atoms with Gasteiger partial charge in [0, 0.05) is 17.8 Å². The van der Waals surface area contributed by atoms with Gasteiger partial charge in [-0.15, -0.1) is 0 Å². The quantitative estimate of drug-likeness (QED) is 0.820. The standard InChI is InChI=1S/C14H19NO/c1-14(8-4-9-14)16-13-7-2-6-12-11(13)5-3-10-15-12/h2,6-7,15H,3-5,8-10H2,1H3. The molecular formula is C14H19NO. The Labute approximate surface area is 97.0 Å². The van der Waals surface area contributed by atoms with Gasteiger partial charge >= 0.3 is 0 Å². The predicted octanol–water partition coefficient (Wildman–Crippen LogP) is 3.37. The lowest BCUT2D eigenvalue weighted by Crippen LogP contribution is -2.40. The number of anilines is 1. The van der Waals surface area contributed by atoms with Crippen molar-refractivity contribution in [3.05, 3.63) is 23.8 Å². The average molecular weight is 217 g/mol. The van der Waals surface area contributed by atoms with E-state index in [1.165, 1.54) is 36.9 Å². The Morgan fingerprint density at radius 3 is 2.88 bits per heavy atom. The lowest BCUT2D eigenvalue weighted by molar-refractivity contribution is 0.0105. The molecule has 0 amide bonds. The van der Waals surface area contributed by atoms with E-state index in [2.05, 4.69) is 30.4 Å². The van der Waals surface area contributed by atoms with Gasteiger partial charge in [-0.1, -0.05) is 6.07 Å². The van der Waals surface area contributed by atoms with Crippen LogP contribution in [0.2, 0.25) is 0 Å². The van der Waals surface area contributed by atoms with E-state index in [0.717, 1.165) is 18.7 Å². The number of benzene rings is 1. The van der Waals surface area contributed by atoms with Gasteiger partial charge in [-0.3, -0.25) is 0 Å². The van der Waals surface area contributed by atoms with E-state index < -0.39 is 0 Å². The van der Waals surface area contributed by atoms with Crippen LogP contribution in [-0.2, 0) is 6.42 Å². The van der Waals surface area contributed by atoms with Gasteiger partial charge in [0.1, 0.15) is 11.4 Å². The van der Waals surface area contributed by atoms with Crippen LogP contribution in [0.3, 0.4) is 0 Å². The summed E-state index contributed by atoms with van der Waals surface area (Å²) in [5.74, 6) is 1.10. The lowest BCUT2D eigenvalue weighted by atomic mass is 9.82. The van der Waals surface area contributed by atoms with Gasteiger partial charge in [-0.2, -0.15) is 0 Å². The molecule has 1 heterocycles. The molecule has 16 heavy (non-hydrogen) atoms. The van der Waals surface area contributed by atoms with Crippen LogP contribution < -0.4 is 10.1 Å². The van der Waals surface area contributed by atoms with Gasteiger partial charge in [0.15, 0.2) is 0 Å². The average Bonchev–Trinajstić information content (AvgIpc) is 2.27. The maximum absolute atomic E-state index is 6.20. The number of nitrogens with one attached hydrogen (secondary N) is 1. The fourth-order valence-electron chi connectivity index (χ4n) is 2.62. The van der Waals surface area contributed by atoms with Crippen LogP contribution in [0, 0.1) is 0 Å². The summed E-state index contributed by atoms with van der Waals surface area (Å²) in [4.78, 5) is 0. The summed E-state index contributed by atoms with van der Waals surface area (Å²) in [6, 6.07) is 6.37. The van der Waals surface area contributed by atoms with Crippen LogP contribution in [0.1, 0.15) is 38.2 Å². The van der Waals surface area contributed by atoms with E-state index in [1.807, 2.05) is 0 Å². The minimum absolute atomic E-state index is 0.104. The summed E-state index contributed by atoms with van der Waals surface area (Å²) in [5, 5.41) is 3.44. The molecule has 0 bridgehead atoms. The molecule has 1 fully saturated rings. The van der Waals surface area contributed by atoms with Gasteiger partial charge in [0.2, 0.25) is 0 Å². The third kappa shape index (κ3) is 1.66. The second-order valence-electron chi connectivity index (χ2n) is 5.22. The van der Waals surface area contributed by atoms with Crippen molar-refractivity contribution in [3.8, 4) is 5.75 Å². The minimum Gasteiger partial charge on any atom is -0.487 e. The topological polar surface area (TPSA) is 21.3 Å². The van der Waals surface area contributed by atoms with Crippen molar-refractivity contribution in [2.75, 3.05) is 11.9 Å². The van der Waals surface area contributed by atoms with Crippen molar-refractivity contribution in [2.45, 2.75) is 44.6 Å². The highest BCUT2D eigenvalue weighted by molar-refractivity contribution is 5.59. The summed E-state index contributed by atoms with van der Waals surface area (Å²) in [5.41, 5.74) is 2.75. The molecule has 1 saturated carbocycles. The summed E-state index contributed by atoms with van der Waals surface area (Å²) >= 11 is 0. The van der Waals surface area contributed by atoms with E-state index in [1.54, 1.807) is 0 Å². The largest absolute Gasteiger partial charge is 0.487 e. The maximum atomic E-state index is 6.20. The molecule has 1 aromatic rings. The Hall–Kier alpha value is -1.18. The highest BCUT2D eigenvalue weighted by Gasteiger charge is 2.34. The number of hydrogen-bond acceptors (Lipinski definition) is 2. The highest BCUT2D eigenvalue weighted by Crippen LogP contribution is 2.39. The van der Waals surface area contributed by atoms with Crippen LogP contribution in [0.4, 0.5) is 5.69 Å². The van der Waals surface area contributed by atoms with Crippen LogP contribution in [-0.4, -0.2) is 12.1 Å². The van der Waals surface area contributed by atoms with E-state index in [9.17, 15) is 0 Å². The Balaban J connectivity index is 1.88. The predicted molar refractivity (Wildman–Crippen MR) is 66.1 cm³/mol. The number of rotatable bonds is 2. The molecule has 0 unspecified atom stereocenters. The molecule has 2 heteroatoms. The molecule has 2 nitrogen and oxygen atoms in total. The van der Waals surface area contributed by atoms with Crippen molar-refractivity contribution in [2.24, 2.45) is 0 Å². The number of ether oxygens (including phenoxy) is 1. The Morgan fingerprint density at radius 1 is 1.25 bits per heavy atom. The molecule has 1 aliphatic heterocycles. The van der Waals surface area contributed by atoms with E-state index in [0.29, 0.717) is 0 Å². The first kappa shape index (κ1) is 10.0. The maximum Gasteiger partial charge on any atom is 0.125 e. The molecule has 1 aliphatic carbocycles. The number of fused-ring (bicyclic) bond motifs is 1. The third-order valence-electron chi connectivity index (χ3n) is 3.82. The summed E-state index contributed by atoms with van der Waals surface area (Å²) in [6.07, 6.45) is 6.07. The first-order valence-electron chi connectivity index (χ1n) is 6.32. The summed E-state index contributed by atoms with van der Waals surface area (Å²) in [7, 11) is 0. The van der Waals surface area contributed by atoms with Gasteiger partial charge in [-0.25, -0.2) is 0 Å².